The van der Waals surface area contributed by atoms with Gasteiger partial charge in [-0.15, -0.1) is 0 Å². The molecule has 0 saturated carbocycles. The van der Waals surface area contributed by atoms with Gasteiger partial charge in [0.1, 0.15) is 11.5 Å². The minimum atomic E-state index is 0.0480. The van der Waals surface area contributed by atoms with Crippen molar-refractivity contribution in [3.05, 3.63) is 41.5 Å². The van der Waals surface area contributed by atoms with E-state index in [4.69, 9.17) is 0 Å². The Labute approximate surface area is 160 Å². The Morgan fingerprint density at radius 3 is 2.85 bits per heavy atom. The van der Waals surface area contributed by atoms with Crippen LogP contribution in [-0.4, -0.2) is 61.3 Å². The first kappa shape index (κ1) is 18.1. The van der Waals surface area contributed by atoms with Crippen molar-refractivity contribution in [1.29, 1.82) is 0 Å². The third-order valence-electron chi connectivity index (χ3n) is 5.77. The normalized spacial score (nSPS) is 23.0. The number of imidazole rings is 1. The number of carbonyl (C=O) groups is 1. The Bertz CT molecular complexity index is 816. The third-order valence-corrected chi connectivity index (χ3v) is 5.77. The number of carbonyl (C=O) groups excluding carboxylic acids is 1. The minimum Gasteiger partial charge on any atom is -0.348 e. The van der Waals surface area contributed by atoms with Crippen molar-refractivity contribution in [3.63, 3.8) is 0 Å². The zero-order valence-corrected chi connectivity index (χ0v) is 16.4. The maximum absolute atomic E-state index is 13.2. The van der Waals surface area contributed by atoms with Crippen LogP contribution >= 0.6 is 0 Å². The van der Waals surface area contributed by atoms with E-state index < -0.39 is 0 Å². The van der Waals surface area contributed by atoms with Gasteiger partial charge in [0.2, 0.25) is 0 Å². The zero-order valence-electron chi connectivity index (χ0n) is 16.4. The van der Waals surface area contributed by atoms with Crippen LogP contribution in [-0.2, 0) is 6.54 Å². The molecule has 2 atom stereocenters. The molecule has 0 unspecified atom stereocenters. The molecule has 144 valence electrons. The SMILES string of the molecule is Cc1[nH]cnc1CN1C[C@@H]2CC[C@H](C1)N(C(=O)c1ccnc(C(C)C)n1)C2. The first-order chi connectivity index (χ1) is 13.0. The van der Waals surface area contributed by atoms with Crippen LogP contribution in [0.5, 0.6) is 0 Å². The number of aromatic nitrogens is 4. The van der Waals surface area contributed by atoms with E-state index in [-0.39, 0.29) is 17.9 Å². The molecule has 3 fully saturated rings. The van der Waals surface area contributed by atoms with Gasteiger partial charge in [-0.2, -0.15) is 0 Å². The van der Waals surface area contributed by atoms with Crippen molar-refractivity contribution in [2.24, 2.45) is 5.92 Å². The highest BCUT2D eigenvalue weighted by molar-refractivity contribution is 5.92. The summed E-state index contributed by atoms with van der Waals surface area (Å²) in [5.74, 6) is 1.51. The topological polar surface area (TPSA) is 78.0 Å². The van der Waals surface area contributed by atoms with Crippen LogP contribution in [0.15, 0.2) is 18.6 Å². The van der Waals surface area contributed by atoms with Crippen molar-refractivity contribution in [1.82, 2.24) is 29.7 Å². The Morgan fingerprint density at radius 1 is 1.26 bits per heavy atom. The summed E-state index contributed by atoms with van der Waals surface area (Å²) in [6, 6.07) is 1.99. The summed E-state index contributed by atoms with van der Waals surface area (Å²) in [7, 11) is 0. The van der Waals surface area contributed by atoms with Gasteiger partial charge in [-0.05, 0) is 31.7 Å². The maximum atomic E-state index is 13.2. The van der Waals surface area contributed by atoms with Gasteiger partial charge in [0, 0.05) is 50.0 Å². The largest absolute Gasteiger partial charge is 0.348 e. The summed E-state index contributed by atoms with van der Waals surface area (Å²) in [4.78, 5) is 34.1. The molecule has 2 aromatic heterocycles. The fraction of sp³-hybridized carbons (Fsp3) is 0.600. The minimum absolute atomic E-state index is 0.0480. The summed E-state index contributed by atoms with van der Waals surface area (Å²) >= 11 is 0. The molecule has 5 rings (SSSR count). The lowest BCUT2D eigenvalue weighted by atomic mass is 9.94. The van der Waals surface area contributed by atoms with Crippen LogP contribution in [0.25, 0.3) is 0 Å². The monoisotopic (exact) mass is 368 g/mol. The zero-order chi connectivity index (χ0) is 19.0. The predicted molar refractivity (Wildman–Crippen MR) is 102 cm³/mol. The molecule has 7 nitrogen and oxygen atoms in total. The molecule has 2 bridgehead atoms. The molecule has 0 spiro atoms. The smallest absolute Gasteiger partial charge is 0.272 e. The first-order valence-electron chi connectivity index (χ1n) is 9.86. The number of amides is 1. The fourth-order valence-electron chi connectivity index (χ4n) is 4.23. The van der Waals surface area contributed by atoms with Crippen LogP contribution in [0, 0.1) is 12.8 Å². The quantitative estimate of drug-likeness (QED) is 0.896. The number of nitrogens with zero attached hydrogens (tertiary/aromatic N) is 5. The molecule has 1 amide bonds. The molecule has 2 aromatic rings. The second kappa shape index (κ2) is 7.38. The molecule has 27 heavy (non-hydrogen) atoms. The summed E-state index contributed by atoms with van der Waals surface area (Å²) in [5, 5.41) is 0. The number of piperidine rings is 1. The van der Waals surface area contributed by atoms with Crippen molar-refractivity contribution in [2.45, 2.75) is 52.1 Å². The molecule has 0 radical (unpaired) electrons. The van der Waals surface area contributed by atoms with Crippen molar-refractivity contribution >= 4 is 5.91 Å². The van der Waals surface area contributed by atoms with Gasteiger partial charge in [0.25, 0.3) is 5.91 Å². The van der Waals surface area contributed by atoms with E-state index >= 15 is 0 Å². The molecule has 3 saturated heterocycles. The first-order valence-corrected chi connectivity index (χ1v) is 9.86. The van der Waals surface area contributed by atoms with Gasteiger partial charge >= 0.3 is 0 Å². The molecule has 1 N–H and O–H groups in total. The molecular formula is C20H28N6O. The van der Waals surface area contributed by atoms with Crippen LogP contribution in [0.3, 0.4) is 0 Å². The predicted octanol–water partition coefficient (Wildman–Crippen LogP) is 2.37. The van der Waals surface area contributed by atoms with Gasteiger partial charge in [-0.1, -0.05) is 13.8 Å². The van der Waals surface area contributed by atoms with E-state index in [1.165, 1.54) is 6.42 Å². The van der Waals surface area contributed by atoms with Crippen molar-refractivity contribution < 1.29 is 4.79 Å². The van der Waals surface area contributed by atoms with Crippen LogP contribution < -0.4 is 0 Å². The standard InChI is InChI=1S/C20H28N6O/c1-13(2)19-21-7-6-17(24-19)20(27)26-9-15-4-5-16(26)10-25(8-15)11-18-14(3)22-12-23-18/h6-7,12-13,15-16H,4-5,8-11H2,1-3H3,(H,22,23)/t15-,16+/m0/s1. The van der Waals surface area contributed by atoms with E-state index in [1.807, 2.05) is 13.8 Å². The number of fused-ring (bicyclic) bond motifs is 4. The highest BCUT2D eigenvalue weighted by Crippen LogP contribution is 2.30. The molecule has 3 aliphatic heterocycles. The number of aryl methyl sites for hydroxylation is 1. The summed E-state index contributed by atoms with van der Waals surface area (Å²) in [5.41, 5.74) is 2.75. The summed E-state index contributed by atoms with van der Waals surface area (Å²) in [6.07, 6.45) is 5.72. The van der Waals surface area contributed by atoms with Crippen molar-refractivity contribution in [3.8, 4) is 0 Å². The second-order valence-corrected chi connectivity index (χ2v) is 8.18. The Kier molecular flexibility index (Phi) is 4.95. The highest BCUT2D eigenvalue weighted by atomic mass is 16.2. The average molecular weight is 368 g/mol. The van der Waals surface area contributed by atoms with E-state index in [0.717, 1.165) is 49.8 Å². The van der Waals surface area contributed by atoms with Gasteiger partial charge < -0.3 is 9.88 Å². The number of hydrogen-bond donors (Lipinski definition) is 1. The molecule has 0 aliphatic carbocycles. The Balaban J connectivity index is 1.51. The van der Waals surface area contributed by atoms with Gasteiger partial charge in [0.15, 0.2) is 0 Å². The second-order valence-electron chi connectivity index (χ2n) is 8.18. The third kappa shape index (κ3) is 3.74. The number of H-pyrrole nitrogens is 1. The number of aromatic amines is 1. The van der Waals surface area contributed by atoms with Crippen LogP contribution in [0.1, 0.15) is 60.3 Å². The lowest BCUT2D eigenvalue weighted by Crippen LogP contribution is -2.47. The number of hydrogen-bond acceptors (Lipinski definition) is 5. The Hall–Kier alpha value is -2.28. The van der Waals surface area contributed by atoms with Gasteiger partial charge in [0.05, 0.1) is 12.0 Å². The number of nitrogens with one attached hydrogen (secondary N) is 1. The molecule has 7 heteroatoms. The molecular weight excluding hydrogens is 340 g/mol. The van der Waals surface area contributed by atoms with E-state index in [2.05, 4.69) is 36.7 Å². The fourth-order valence-corrected chi connectivity index (χ4v) is 4.23. The van der Waals surface area contributed by atoms with Gasteiger partial charge in [-0.3, -0.25) is 9.69 Å². The summed E-state index contributed by atoms with van der Waals surface area (Å²) in [6.45, 7) is 9.74. The van der Waals surface area contributed by atoms with Crippen molar-refractivity contribution in [2.75, 3.05) is 19.6 Å². The maximum Gasteiger partial charge on any atom is 0.272 e. The van der Waals surface area contributed by atoms with Crippen LogP contribution in [0.4, 0.5) is 0 Å². The van der Waals surface area contributed by atoms with E-state index in [1.54, 1.807) is 18.6 Å². The average Bonchev–Trinajstić information content (AvgIpc) is 2.88. The van der Waals surface area contributed by atoms with E-state index in [9.17, 15) is 4.79 Å². The molecule has 3 aliphatic rings. The lowest BCUT2D eigenvalue weighted by molar-refractivity contribution is 0.0578. The van der Waals surface area contributed by atoms with Gasteiger partial charge in [-0.25, -0.2) is 15.0 Å². The van der Waals surface area contributed by atoms with E-state index in [0.29, 0.717) is 11.6 Å². The number of rotatable bonds is 4. The summed E-state index contributed by atoms with van der Waals surface area (Å²) < 4.78 is 0. The molecule has 0 aromatic carbocycles. The van der Waals surface area contributed by atoms with Crippen LogP contribution in [0.2, 0.25) is 0 Å². The molecule has 5 heterocycles. The highest BCUT2D eigenvalue weighted by Gasteiger charge is 2.38. The lowest BCUT2D eigenvalue weighted by Gasteiger charge is -2.36. The Morgan fingerprint density at radius 2 is 2.11 bits per heavy atom.